The van der Waals surface area contributed by atoms with Crippen LogP contribution in [0.1, 0.15) is 16.1 Å². The molecule has 2 N–H and O–H groups in total. The maximum absolute atomic E-state index is 12.6. The van der Waals surface area contributed by atoms with Gasteiger partial charge in [-0.3, -0.25) is 4.79 Å². The lowest BCUT2D eigenvalue weighted by atomic mass is 10.1. The molecule has 27 heavy (non-hydrogen) atoms. The van der Waals surface area contributed by atoms with Crippen LogP contribution < -0.4 is 5.32 Å². The van der Waals surface area contributed by atoms with Crippen molar-refractivity contribution in [3.63, 3.8) is 0 Å². The Bertz CT molecular complexity index is 1140. The van der Waals surface area contributed by atoms with E-state index in [0.29, 0.717) is 21.9 Å². The third-order valence-electron chi connectivity index (χ3n) is 4.17. The van der Waals surface area contributed by atoms with Gasteiger partial charge in [-0.25, -0.2) is 9.50 Å². The van der Waals surface area contributed by atoms with Gasteiger partial charge in [-0.15, -0.1) is 0 Å². The molecule has 0 fully saturated rings. The number of carbonyl (C=O) groups is 1. The van der Waals surface area contributed by atoms with Crippen LogP contribution in [0.3, 0.4) is 0 Å². The topological polar surface area (TPSA) is 79.5 Å². The Hall–Kier alpha value is -3.22. The molecule has 0 aliphatic rings. The second-order valence-electron chi connectivity index (χ2n) is 5.92. The molecule has 7 heteroatoms. The molecule has 0 radical (unpaired) electrons. The van der Waals surface area contributed by atoms with Crippen molar-refractivity contribution < 1.29 is 9.90 Å². The van der Waals surface area contributed by atoms with E-state index in [-0.39, 0.29) is 18.2 Å². The molecule has 0 saturated heterocycles. The predicted molar refractivity (Wildman–Crippen MR) is 104 cm³/mol. The van der Waals surface area contributed by atoms with Gasteiger partial charge in [0, 0.05) is 28.0 Å². The van der Waals surface area contributed by atoms with Crippen LogP contribution in [0.15, 0.2) is 67.0 Å². The first-order chi connectivity index (χ1) is 13.2. The number of hydrogen-bond acceptors (Lipinski definition) is 4. The lowest BCUT2D eigenvalue weighted by Gasteiger charge is -2.09. The summed E-state index contributed by atoms with van der Waals surface area (Å²) >= 11 is 6.08. The first-order valence-electron chi connectivity index (χ1n) is 8.26. The molecule has 4 aromatic rings. The van der Waals surface area contributed by atoms with Crippen LogP contribution in [0, 0.1) is 0 Å². The number of para-hydroxylation sites is 1. The Morgan fingerprint density at radius 1 is 1.15 bits per heavy atom. The molecule has 0 bridgehead atoms. The average molecular weight is 379 g/mol. The van der Waals surface area contributed by atoms with Crippen LogP contribution in [-0.4, -0.2) is 25.6 Å². The molecule has 0 aliphatic heterocycles. The number of nitrogens with one attached hydrogen (secondary N) is 1. The SMILES string of the molecule is O=C(Nc1ccccc1CO)c1ccn2ncc(-c3cccc(Cl)c3)c2n1. The minimum atomic E-state index is -0.364. The van der Waals surface area contributed by atoms with Gasteiger partial charge in [0.25, 0.3) is 5.91 Å². The summed E-state index contributed by atoms with van der Waals surface area (Å²) in [5, 5.41) is 17.1. The molecule has 0 aliphatic carbocycles. The molecule has 2 aromatic carbocycles. The minimum absolute atomic E-state index is 0.162. The Labute approximate surface area is 160 Å². The highest BCUT2D eigenvalue weighted by Gasteiger charge is 2.14. The van der Waals surface area contributed by atoms with Crippen molar-refractivity contribution in [2.75, 3.05) is 5.32 Å². The summed E-state index contributed by atoms with van der Waals surface area (Å²) in [5.74, 6) is -0.364. The molecule has 0 saturated carbocycles. The number of anilines is 1. The van der Waals surface area contributed by atoms with Gasteiger partial charge in [0.05, 0.1) is 12.8 Å². The number of aliphatic hydroxyl groups excluding tert-OH is 1. The third-order valence-corrected chi connectivity index (χ3v) is 4.41. The van der Waals surface area contributed by atoms with Gasteiger partial charge in [0.2, 0.25) is 0 Å². The number of halogens is 1. The van der Waals surface area contributed by atoms with Crippen molar-refractivity contribution in [3.05, 3.63) is 83.3 Å². The zero-order valence-corrected chi connectivity index (χ0v) is 14.9. The van der Waals surface area contributed by atoms with Gasteiger partial charge in [-0.1, -0.05) is 41.9 Å². The fraction of sp³-hybridized carbons (Fsp3) is 0.0500. The lowest BCUT2D eigenvalue weighted by molar-refractivity contribution is 0.102. The standard InChI is InChI=1S/C20H15ClN4O2/c21-15-6-3-5-13(10-15)16-11-22-25-9-8-18(23-19(16)25)20(27)24-17-7-2-1-4-14(17)12-26/h1-11,26H,12H2,(H,24,27). The Morgan fingerprint density at radius 3 is 2.81 bits per heavy atom. The van der Waals surface area contributed by atoms with E-state index in [1.54, 1.807) is 53.3 Å². The molecule has 2 aromatic heterocycles. The largest absolute Gasteiger partial charge is 0.392 e. The number of benzene rings is 2. The highest BCUT2D eigenvalue weighted by Crippen LogP contribution is 2.26. The molecule has 1 amide bonds. The first-order valence-corrected chi connectivity index (χ1v) is 8.64. The Morgan fingerprint density at radius 2 is 2.00 bits per heavy atom. The van der Waals surface area contributed by atoms with Gasteiger partial charge < -0.3 is 10.4 Å². The summed E-state index contributed by atoms with van der Waals surface area (Å²) in [4.78, 5) is 17.1. The number of amides is 1. The molecule has 0 atom stereocenters. The van der Waals surface area contributed by atoms with E-state index in [9.17, 15) is 9.90 Å². The monoisotopic (exact) mass is 378 g/mol. The molecule has 4 rings (SSSR count). The quantitative estimate of drug-likeness (QED) is 0.566. The highest BCUT2D eigenvalue weighted by molar-refractivity contribution is 6.30. The minimum Gasteiger partial charge on any atom is -0.392 e. The number of rotatable bonds is 4. The van der Waals surface area contributed by atoms with Crippen LogP contribution in [-0.2, 0) is 6.61 Å². The van der Waals surface area contributed by atoms with Gasteiger partial charge in [0.15, 0.2) is 5.65 Å². The number of carbonyl (C=O) groups excluding carboxylic acids is 1. The second kappa shape index (κ2) is 7.19. The van der Waals surface area contributed by atoms with E-state index in [0.717, 1.165) is 11.1 Å². The number of fused-ring (bicyclic) bond motifs is 1. The smallest absolute Gasteiger partial charge is 0.274 e. The van der Waals surface area contributed by atoms with Crippen LogP contribution >= 0.6 is 11.6 Å². The fourth-order valence-corrected chi connectivity index (χ4v) is 3.01. The maximum Gasteiger partial charge on any atom is 0.274 e. The molecule has 6 nitrogen and oxygen atoms in total. The molecular formula is C20H15ClN4O2. The Kier molecular flexibility index (Phi) is 4.58. The third kappa shape index (κ3) is 3.40. The predicted octanol–water partition coefficient (Wildman–Crippen LogP) is 3.79. The van der Waals surface area contributed by atoms with Crippen LogP contribution in [0.2, 0.25) is 5.02 Å². The molecule has 2 heterocycles. The first kappa shape index (κ1) is 17.2. The van der Waals surface area contributed by atoms with E-state index < -0.39 is 0 Å². The molecular weight excluding hydrogens is 364 g/mol. The van der Waals surface area contributed by atoms with Gasteiger partial charge >= 0.3 is 0 Å². The van der Waals surface area contributed by atoms with Crippen molar-refractivity contribution in [1.29, 1.82) is 0 Å². The number of aliphatic hydroxyl groups is 1. The van der Waals surface area contributed by atoms with Gasteiger partial charge in [-0.05, 0) is 29.8 Å². The van der Waals surface area contributed by atoms with Crippen molar-refractivity contribution in [2.45, 2.75) is 6.61 Å². The van der Waals surface area contributed by atoms with E-state index in [1.807, 2.05) is 18.2 Å². The summed E-state index contributed by atoms with van der Waals surface area (Å²) in [6.45, 7) is -0.162. The van der Waals surface area contributed by atoms with Gasteiger partial charge in [0.1, 0.15) is 5.69 Å². The van der Waals surface area contributed by atoms with E-state index in [4.69, 9.17) is 11.6 Å². The van der Waals surface area contributed by atoms with E-state index >= 15 is 0 Å². The maximum atomic E-state index is 12.6. The summed E-state index contributed by atoms with van der Waals surface area (Å²) in [7, 11) is 0. The van der Waals surface area contributed by atoms with Crippen molar-refractivity contribution >= 4 is 28.8 Å². The van der Waals surface area contributed by atoms with E-state index in [1.165, 1.54) is 0 Å². The van der Waals surface area contributed by atoms with Crippen LogP contribution in [0.5, 0.6) is 0 Å². The summed E-state index contributed by atoms with van der Waals surface area (Å²) in [6.07, 6.45) is 3.37. The van der Waals surface area contributed by atoms with Gasteiger partial charge in [-0.2, -0.15) is 5.10 Å². The van der Waals surface area contributed by atoms with Crippen molar-refractivity contribution in [2.24, 2.45) is 0 Å². The number of aromatic nitrogens is 3. The molecule has 0 unspecified atom stereocenters. The zero-order valence-electron chi connectivity index (χ0n) is 14.1. The fourth-order valence-electron chi connectivity index (χ4n) is 2.82. The summed E-state index contributed by atoms with van der Waals surface area (Å²) < 4.78 is 1.61. The van der Waals surface area contributed by atoms with Crippen LogP contribution in [0.4, 0.5) is 5.69 Å². The lowest BCUT2D eigenvalue weighted by Crippen LogP contribution is -2.15. The average Bonchev–Trinajstić information content (AvgIpc) is 3.11. The normalized spacial score (nSPS) is 10.9. The Balaban J connectivity index is 1.71. The van der Waals surface area contributed by atoms with Crippen LogP contribution in [0.25, 0.3) is 16.8 Å². The molecule has 0 spiro atoms. The van der Waals surface area contributed by atoms with Crippen molar-refractivity contribution in [1.82, 2.24) is 14.6 Å². The van der Waals surface area contributed by atoms with E-state index in [2.05, 4.69) is 15.4 Å². The van der Waals surface area contributed by atoms with Crippen molar-refractivity contribution in [3.8, 4) is 11.1 Å². The molecule has 134 valence electrons. The number of hydrogen-bond donors (Lipinski definition) is 2. The zero-order chi connectivity index (χ0) is 18.8. The number of nitrogens with zero attached hydrogens (tertiary/aromatic N) is 3. The summed E-state index contributed by atoms with van der Waals surface area (Å²) in [6, 6.07) is 16.1. The highest BCUT2D eigenvalue weighted by atomic mass is 35.5. The second-order valence-corrected chi connectivity index (χ2v) is 6.36. The summed E-state index contributed by atoms with van der Waals surface area (Å²) in [5.41, 5.74) is 3.64.